The fraction of sp³-hybridized carbons (Fsp3) is 0.333. The first-order valence-electron chi connectivity index (χ1n) is 5.40. The van der Waals surface area contributed by atoms with Gasteiger partial charge < -0.3 is 5.32 Å². The Kier molecular flexibility index (Phi) is 3.64. The van der Waals surface area contributed by atoms with E-state index in [1.807, 2.05) is 6.07 Å². The topological polar surface area (TPSA) is 48.2 Å². The minimum absolute atomic E-state index is 0.0469. The van der Waals surface area contributed by atoms with Crippen LogP contribution in [0.2, 0.25) is 0 Å². The van der Waals surface area contributed by atoms with Crippen LogP contribution in [-0.4, -0.2) is 17.0 Å². The van der Waals surface area contributed by atoms with Crippen LogP contribution >= 0.6 is 11.8 Å². The molecule has 2 rings (SSSR count). The Morgan fingerprint density at radius 3 is 3.12 bits per heavy atom. The first kappa shape index (κ1) is 11.9. The molecule has 3 nitrogen and oxygen atoms in total. The summed E-state index contributed by atoms with van der Waals surface area (Å²) in [6.07, 6.45) is 1.08. The summed E-state index contributed by atoms with van der Waals surface area (Å²) in [6.45, 7) is 2.94. The van der Waals surface area contributed by atoms with Gasteiger partial charge in [0.1, 0.15) is 11.9 Å². The maximum Gasteiger partial charge on any atom is 0.161 e. The van der Waals surface area contributed by atoms with Gasteiger partial charge in [-0.25, -0.2) is 4.39 Å². The van der Waals surface area contributed by atoms with Crippen molar-refractivity contribution in [1.29, 1.82) is 5.26 Å². The predicted octanol–water partition coefficient (Wildman–Crippen LogP) is 2.99. The number of amidine groups is 1. The van der Waals surface area contributed by atoms with Crippen LogP contribution in [0.25, 0.3) is 0 Å². The minimum atomic E-state index is -0.495. The van der Waals surface area contributed by atoms with Gasteiger partial charge in [0.15, 0.2) is 5.17 Å². The lowest BCUT2D eigenvalue weighted by atomic mass is 10.2. The number of hydrogen-bond donors (Lipinski definition) is 1. The van der Waals surface area contributed by atoms with E-state index in [1.54, 1.807) is 17.8 Å². The molecule has 0 radical (unpaired) electrons. The van der Waals surface area contributed by atoms with Gasteiger partial charge in [-0.1, -0.05) is 18.7 Å². The second-order valence-electron chi connectivity index (χ2n) is 3.73. The van der Waals surface area contributed by atoms with Crippen molar-refractivity contribution in [3.63, 3.8) is 0 Å². The summed E-state index contributed by atoms with van der Waals surface area (Å²) in [5.41, 5.74) is 0.747. The Labute approximate surface area is 104 Å². The molecule has 1 N–H and O–H groups in total. The van der Waals surface area contributed by atoms with E-state index in [-0.39, 0.29) is 5.56 Å². The summed E-state index contributed by atoms with van der Waals surface area (Å²) in [7, 11) is 0. The number of rotatable bonds is 2. The zero-order chi connectivity index (χ0) is 12.3. The molecule has 17 heavy (non-hydrogen) atoms. The fourth-order valence-electron chi connectivity index (χ4n) is 1.51. The Hall–Kier alpha value is -1.54. The van der Waals surface area contributed by atoms with Gasteiger partial charge >= 0.3 is 0 Å². The quantitative estimate of drug-likeness (QED) is 0.876. The number of nitrogens with one attached hydrogen (secondary N) is 1. The van der Waals surface area contributed by atoms with Crippen molar-refractivity contribution in [2.24, 2.45) is 4.99 Å². The number of halogens is 1. The van der Waals surface area contributed by atoms with Gasteiger partial charge in [-0.05, 0) is 24.6 Å². The van der Waals surface area contributed by atoms with Gasteiger partial charge in [0.25, 0.3) is 0 Å². The third-order valence-corrected chi connectivity index (χ3v) is 3.78. The average molecular weight is 249 g/mol. The molecule has 0 amide bonds. The zero-order valence-electron chi connectivity index (χ0n) is 9.40. The second kappa shape index (κ2) is 5.19. The van der Waals surface area contributed by atoms with Crippen molar-refractivity contribution in [3.05, 3.63) is 29.6 Å². The number of nitrogens with zero attached hydrogens (tertiary/aromatic N) is 2. The van der Waals surface area contributed by atoms with E-state index in [0.29, 0.717) is 10.9 Å². The predicted molar refractivity (Wildman–Crippen MR) is 68.7 cm³/mol. The van der Waals surface area contributed by atoms with Crippen LogP contribution in [0.4, 0.5) is 10.1 Å². The van der Waals surface area contributed by atoms with Crippen molar-refractivity contribution in [2.45, 2.75) is 18.6 Å². The summed E-state index contributed by atoms with van der Waals surface area (Å²) in [6, 6.07) is 6.22. The second-order valence-corrected chi connectivity index (χ2v) is 5.01. The molecule has 0 saturated carbocycles. The molecule has 0 saturated heterocycles. The molecule has 0 spiro atoms. The van der Waals surface area contributed by atoms with Gasteiger partial charge in [-0.15, -0.1) is 0 Å². The molecule has 1 aromatic rings. The summed E-state index contributed by atoms with van der Waals surface area (Å²) in [5, 5.41) is 13.2. The number of nitriles is 1. The zero-order valence-corrected chi connectivity index (χ0v) is 10.2. The molecule has 0 fully saturated rings. The first-order chi connectivity index (χ1) is 8.22. The Balaban J connectivity index is 2.08. The van der Waals surface area contributed by atoms with Crippen LogP contribution in [0, 0.1) is 17.1 Å². The molecule has 1 atom stereocenters. The van der Waals surface area contributed by atoms with Crippen molar-refractivity contribution >= 4 is 22.6 Å². The fourth-order valence-corrected chi connectivity index (χ4v) is 2.47. The first-order valence-corrected chi connectivity index (χ1v) is 6.28. The minimum Gasteiger partial charge on any atom is -0.335 e. The van der Waals surface area contributed by atoms with Crippen LogP contribution in [0.15, 0.2) is 23.2 Å². The maximum absolute atomic E-state index is 13.1. The van der Waals surface area contributed by atoms with E-state index in [9.17, 15) is 4.39 Å². The molecule has 0 aromatic heterocycles. The van der Waals surface area contributed by atoms with Gasteiger partial charge in [-0.2, -0.15) is 5.26 Å². The molecule has 1 aliphatic heterocycles. The van der Waals surface area contributed by atoms with Gasteiger partial charge in [-0.3, -0.25) is 4.99 Å². The number of hydrogen-bond acceptors (Lipinski definition) is 4. The summed E-state index contributed by atoms with van der Waals surface area (Å²) in [5.74, 6) is -0.495. The molecule has 1 heterocycles. The molecule has 5 heteroatoms. The van der Waals surface area contributed by atoms with E-state index in [0.717, 1.165) is 18.1 Å². The Bertz CT molecular complexity index is 493. The van der Waals surface area contributed by atoms with Crippen molar-refractivity contribution in [2.75, 3.05) is 11.9 Å². The van der Waals surface area contributed by atoms with Crippen LogP contribution in [0.1, 0.15) is 18.9 Å². The third kappa shape index (κ3) is 2.77. The highest BCUT2D eigenvalue weighted by atomic mass is 32.2. The average Bonchev–Trinajstić information content (AvgIpc) is 2.79. The van der Waals surface area contributed by atoms with Gasteiger partial charge in [0.05, 0.1) is 12.1 Å². The van der Waals surface area contributed by atoms with E-state index in [1.165, 1.54) is 12.1 Å². The highest BCUT2D eigenvalue weighted by Gasteiger charge is 2.17. The normalized spacial score (nSPS) is 18.6. The lowest BCUT2D eigenvalue weighted by Gasteiger charge is -2.07. The monoisotopic (exact) mass is 249 g/mol. The highest BCUT2D eigenvalue weighted by molar-refractivity contribution is 8.15. The molecule has 1 aromatic carbocycles. The van der Waals surface area contributed by atoms with E-state index in [4.69, 9.17) is 5.26 Å². The summed E-state index contributed by atoms with van der Waals surface area (Å²) >= 11 is 1.69. The number of aliphatic imine (C=N–C) groups is 1. The van der Waals surface area contributed by atoms with Crippen LogP contribution < -0.4 is 5.32 Å². The van der Waals surface area contributed by atoms with E-state index >= 15 is 0 Å². The lowest BCUT2D eigenvalue weighted by molar-refractivity contribution is 0.624. The van der Waals surface area contributed by atoms with Gasteiger partial charge in [0.2, 0.25) is 0 Å². The smallest absolute Gasteiger partial charge is 0.161 e. The standard InChI is InChI=1S/C12H12FN3S/c1-2-10-7-15-12(17-10)16-9-3-4-11(13)8(5-9)6-14/h3-5,10H,2,7H2,1H3,(H,15,16). The van der Waals surface area contributed by atoms with Crippen molar-refractivity contribution in [1.82, 2.24) is 0 Å². The molecular weight excluding hydrogens is 237 g/mol. The molecule has 0 bridgehead atoms. The maximum atomic E-state index is 13.1. The van der Waals surface area contributed by atoms with E-state index in [2.05, 4.69) is 17.2 Å². The van der Waals surface area contributed by atoms with Gasteiger partial charge in [0, 0.05) is 10.9 Å². The SMILES string of the molecule is CCC1CN=C(Nc2ccc(F)c(C#N)c2)S1. The number of benzene rings is 1. The highest BCUT2D eigenvalue weighted by Crippen LogP contribution is 2.25. The summed E-state index contributed by atoms with van der Waals surface area (Å²) < 4.78 is 13.1. The Morgan fingerprint density at radius 1 is 1.65 bits per heavy atom. The summed E-state index contributed by atoms with van der Waals surface area (Å²) in [4.78, 5) is 4.35. The van der Waals surface area contributed by atoms with Crippen molar-refractivity contribution in [3.8, 4) is 6.07 Å². The molecule has 0 aliphatic carbocycles. The van der Waals surface area contributed by atoms with E-state index < -0.39 is 5.82 Å². The molecule has 88 valence electrons. The Morgan fingerprint density at radius 2 is 2.47 bits per heavy atom. The third-order valence-electron chi connectivity index (χ3n) is 2.51. The number of thioether (sulfide) groups is 1. The lowest BCUT2D eigenvalue weighted by Crippen LogP contribution is -2.07. The molecular formula is C12H12FN3S. The largest absolute Gasteiger partial charge is 0.335 e. The van der Waals surface area contributed by atoms with Crippen LogP contribution in [-0.2, 0) is 0 Å². The van der Waals surface area contributed by atoms with Crippen molar-refractivity contribution < 1.29 is 4.39 Å². The van der Waals surface area contributed by atoms with Crippen LogP contribution in [0.5, 0.6) is 0 Å². The van der Waals surface area contributed by atoms with Crippen LogP contribution in [0.3, 0.4) is 0 Å². The molecule has 1 aliphatic rings. The molecule has 1 unspecified atom stereocenters. The number of anilines is 1.